The summed E-state index contributed by atoms with van der Waals surface area (Å²) in [7, 11) is 2.04. The van der Waals surface area contributed by atoms with Crippen molar-refractivity contribution in [3.63, 3.8) is 0 Å². The van der Waals surface area contributed by atoms with Gasteiger partial charge in [-0.3, -0.25) is 0 Å². The van der Waals surface area contributed by atoms with Crippen LogP contribution >= 0.6 is 0 Å². The summed E-state index contributed by atoms with van der Waals surface area (Å²) in [4.78, 5) is 0. The molecule has 74 valence electrons. The van der Waals surface area contributed by atoms with E-state index in [2.05, 4.69) is 44.8 Å². The Morgan fingerprint density at radius 3 is 2.46 bits per heavy atom. The molecule has 3 unspecified atom stereocenters. The minimum atomic E-state index is 0.325. The molecule has 0 spiro atoms. The van der Waals surface area contributed by atoms with E-state index in [0.717, 1.165) is 0 Å². The lowest BCUT2D eigenvalue weighted by Gasteiger charge is -2.08. The summed E-state index contributed by atoms with van der Waals surface area (Å²) >= 11 is 0. The molecule has 1 heteroatoms. The molecule has 13 heavy (non-hydrogen) atoms. The second kappa shape index (κ2) is 3.67. The molecule has 1 aliphatic rings. The Hall–Kier alpha value is -0.560. The Morgan fingerprint density at radius 1 is 1.62 bits per heavy atom. The summed E-state index contributed by atoms with van der Waals surface area (Å²) in [5.41, 5.74) is 1.81. The minimum absolute atomic E-state index is 0.325. The predicted molar refractivity (Wildman–Crippen MR) is 58.7 cm³/mol. The summed E-state index contributed by atoms with van der Waals surface area (Å²) in [6.07, 6.45) is 5.53. The van der Waals surface area contributed by atoms with Crippen molar-refractivity contribution in [3.05, 3.63) is 24.3 Å². The van der Waals surface area contributed by atoms with Gasteiger partial charge in [-0.1, -0.05) is 24.6 Å². The maximum absolute atomic E-state index is 3.96. The van der Waals surface area contributed by atoms with Crippen LogP contribution in [0.4, 0.5) is 0 Å². The Bertz CT molecular complexity index is 229. The second-order valence-electron chi connectivity index (χ2n) is 3.95. The third kappa shape index (κ3) is 1.35. The molecule has 0 aromatic heterocycles. The van der Waals surface area contributed by atoms with Gasteiger partial charge in [0.1, 0.15) is 0 Å². The topological polar surface area (TPSA) is 12.0 Å². The van der Waals surface area contributed by atoms with Gasteiger partial charge in [0.15, 0.2) is 0 Å². The van der Waals surface area contributed by atoms with Gasteiger partial charge >= 0.3 is 0 Å². The summed E-state index contributed by atoms with van der Waals surface area (Å²) in [6, 6.07) is 0.603. The quantitative estimate of drug-likeness (QED) is 0.654. The molecule has 1 rings (SSSR count). The van der Waals surface area contributed by atoms with Crippen LogP contribution < -0.4 is 5.32 Å². The van der Waals surface area contributed by atoms with Crippen molar-refractivity contribution in [3.8, 4) is 0 Å². The number of nitrogens with one attached hydrogen (secondary N) is 1. The van der Waals surface area contributed by atoms with Crippen LogP contribution in [0.2, 0.25) is 0 Å². The van der Waals surface area contributed by atoms with Crippen LogP contribution in [-0.4, -0.2) is 13.1 Å². The first kappa shape index (κ1) is 10.5. The fourth-order valence-corrected chi connectivity index (χ4v) is 2.60. The molecule has 3 atom stereocenters. The average molecular weight is 179 g/mol. The van der Waals surface area contributed by atoms with E-state index in [1.54, 1.807) is 0 Å². The fourth-order valence-electron chi connectivity index (χ4n) is 2.60. The molecule has 1 saturated carbocycles. The monoisotopic (exact) mass is 179 g/mol. The molecule has 0 aliphatic heterocycles. The summed E-state index contributed by atoms with van der Waals surface area (Å²) in [6.45, 7) is 10.5. The van der Waals surface area contributed by atoms with Gasteiger partial charge < -0.3 is 5.32 Å². The molecular weight excluding hydrogens is 158 g/mol. The summed E-state index contributed by atoms with van der Waals surface area (Å²) in [5.74, 6) is 0.671. The van der Waals surface area contributed by atoms with Gasteiger partial charge in [-0.15, -0.1) is 6.58 Å². The first-order valence-corrected chi connectivity index (χ1v) is 5.11. The van der Waals surface area contributed by atoms with Crippen molar-refractivity contribution in [1.29, 1.82) is 0 Å². The van der Waals surface area contributed by atoms with Crippen molar-refractivity contribution >= 4 is 0 Å². The van der Waals surface area contributed by atoms with Gasteiger partial charge in [0.2, 0.25) is 0 Å². The van der Waals surface area contributed by atoms with Crippen LogP contribution in [0.5, 0.6) is 0 Å². The van der Waals surface area contributed by atoms with Gasteiger partial charge in [0.25, 0.3) is 0 Å². The van der Waals surface area contributed by atoms with E-state index in [9.17, 15) is 0 Å². The zero-order valence-electron chi connectivity index (χ0n) is 9.22. The van der Waals surface area contributed by atoms with Crippen LogP contribution in [0.15, 0.2) is 24.3 Å². The molecule has 0 aromatic rings. The number of hydrogen-bond donors (Lipinski definition) is 1. The summed E-state index contributed by atoms with van der Waals surface area (Å²) in [5, 5.41) is 3.38. The molecule has 0 aromatic carbocycles. The lowest BCUT2D eigenvalue weighted by molar-refractivity contribution is 0.546. The van der Waals surface area contributed by atoms with E-state index in [-0.39, 0.29) is 0 Å². The van der Waals surface area contributed by atoms with E-state index in [1.807, 2.05) is 7.05 Å². The fraction of sp³-hybridized carbons (Fsp3) is 0.667. The highest BCUT2D eigenvalue weighted by Gasteiger charge is 2.60. The minimum Gasteiger partial charge on any atom is -0.315 e. The normalized spacial score (nSPS) is 38.9. The van der Waals surface area contributed by atoms with Crippen molar-refractivity contribution in [1.82, 2.24) is 5.32 Å². The zero-order valence-corrected chi connectivity index (χ0v) is 9.22. The van der Waals surface area contributed by atoms with E-state index in [4.69, 9.17) is 0 Å². The largest absolute Gasteiger partial charge is 0.315 e. The molecule has 0 saturated heterocycles. The molecule has 1 N–H and O–H groups in total. The van der Waals surface area contributed by atoms with Gasteiger partial charge in [-0.05, 0) is 27.3 Å². The highest BCUT2D eigenvalue weighted by molar-refractivity contribution is 5.32. The smallest absolute Gasteiger partial charge is 0.0235 e. The van der Waals surface area contributed by atoms with Crippen molar-refractivity contribution in [2.24, 2.45) is 11.3 Å². The maximum atomic E-state index is 3.96. The first-order valence-electron chi connectivity index (χ1n) is 5.11. The number of hydrogen-bond acceptors (Lipinski definition) is 1. The zero-order chi connectivity index (χ0) is 10.1. The van der Waals surface area contributed by atoms with Crippen molar-refractivity contribution < 1.29 is 0 Å². The van der Waals surface area contributed by atoms with Crippen LogP contribution in [0.1, 0.15) is 27.2 Å². The highest BCUT2D eigenvalue weighted by atomic mass is 15.0. The average Bonchev–Trinajstić information content (AvgIpc) is 2.85. The van der Waals surface area contributed by atoms with Crippen molar-refractivity contribution in [2.45, 2.75) is 33.2 Å². The summed E-state index contributed by atoms with van der Waals surface area (Å²) < 4.78 is 0. The van der Waals surface area contributed by atoms with Gasteiger partial charge in [0.05, 0.1) is 0 Å². The van der Waals surface area contributed by atoms with Crippen LogP contribution in [0.3, 0.4) is 0 Å². The molecule has 0 amide bonds. The van der Waals surface area contributed by atoms with E-state index >= 15 is 0 Å². The molecule has 1 aliphatic carbocycles. The highest BCUT2D eigenvalue weighted by Crippen LogP contribution is 2.59. The lowest BCUT2D eigenvalue weighted by atomic mass is 9.97. The van der Waals surface area contributed by atoms with Crippen LogP contribution in [-0.2, 0) is 0 Å². The van der Waals surface area contributed by atoms with Crippen LogP contribution in [0, 0.1) is 11.3 Å². The predicted octanol–water partition coefficient (Wildman–Crippen LogP) is 2.75. The number of rotatable bonds is 4. The Morgan fingerprint density at radius 2 is 2.23 bits per heavy atom. The molecule has 1 nitrogen and oxygen atoms in total. The molecule has 1 fully saturated rings. The standard InChI is InChI=1S/C12H21N/c1-6-9(4)10-11(13-5)12(10,7-2)8-3/h6-7,10-11,13H,2,8H2,1,3-5H3/b9-6+. The first-order chi connectivity index (χ1) is 6.17. The Balaban J connectivity index is 2.85. The third-order valence-electron chi connectivity index (χ3n) is 3.63. The van der Waals surface area contributed by atoms with Gasteiger partial charge in [0, 0.05) is 17.4 Å². The third-order valence-corrected chi connectivity index (χ3v) is 3.63. The van der Waals surface area contributed by atoms with Gasteiger partial charge in [-0.2, -0.15) is 0 Å². The number of allylic oxidation sites excluding steroid dienone is 1. The van der Waals surface area contributed by atoms with Gasteiger partial charge in [-0.25, -0.2) is 0 Å². The van der Waals surface area contributed by atoms with E-state index < -0.39 is 0 Å². The van der Waals surface area contributed by atoms with Crippen LogP contribution in [0.25, 0.3) is 0 Å². The Labute approximate surface area is 81.9 Å². The molecular formula is C12H21N. The molecule has 0 radical (unpaired) electrons. The molecule has 0 heterocycles. The van der Waals surface area contributed by atoms with Crippen molar-refractivity contribution in [2.75, 3.05) is 7.05 Å². The lowest BCUT2D eigenvalue weighted by Crippen LogP contribution is -2.16. The van der Waals surface area contributed by atoms with E-state index in [1.165, 1.54) is 12.0 Å². The van der Waals surface area contributed by atoms with E-state index in [0.29, 0.717) is 17.4 Å². The maximum Gasteiger partial charge on any atom is 0.0235 e. The second-order valence-corrected chi connectivity index (χ2v) is 3.95. The Kier molecular flexibility index (Phi) is 2.97. The SMILES string of the molecule is C=CC1(CC)C(NC)C1/C(C)=C/C. The molecule has 0 bridgehead atoms.